The smallest absolute Gasteiger partial charge is 0.136 e. The van der Waals surface area contributed by atoms with Gasteiger partial charge in [-0.15, -0.1) is 4.72 Å². The van der Waals surface area contributed by atoms with Gasteiger partial charge in [0.2, 0.25) is 0 Å². The number of rotatable bonds is 5. The van der Waals surface area contributed by atoms with Crippen molar-refractivity contribution in [1.29, 1.82) is 0 Å². The number of nitrogens with one attached hydrogen (secondary N) is 1. The lowest BCUT2D eigenvalue weighted by Crippen LogP contribution is -2.48. The maximum atomic E-state index is 12.3. The summed E-state index contributed by atoms with van der Waals surface area (Å²) in [5.74, 6) is 0. The lowest BCUT2D eigenvalue weighted by atomic mass is 10.0. The number of hydrogen-bond acceptors (Lipinski definition) is 6. The average molecular weight is 348 g/mol. The summed E-state index contributed by atoms with van der Waals surface area (Å²) < 4.78 is 15.1. The zero-order chi connectivity index (χ0) is 18.0. The number of hydrogen-bond donors (Lipinski definition) is 2. The van der Waals surface area contributed by atoms with E-state index in [0.717, 1.165) is 5.56 Å². The molecule has 0 aliphatic rings. The molecule has 0 aliphatic heterocycles. The van der Waals surface area contributed by atoms with Crippen molar-refractivity contribution in [3.05, 3.63) is 41.9 Å². The Hall–Kier alpha value is -1.54. The quantitative estimate of drug-likeness (QED) is 0.805. The first-order valence-electron chi connectivity index (χ1n) is 7.73. The normalized spacial score (nSPS) is 13.8. The van der Waals surface area contributed by atoms with Crippen molar-refractivity contribution in [2.45, 2.75) is 51.5 Å². The average Bonchev–Trinajstić information content (AvgIpc) is 2.54. The molecule has 2 aromatic heterocycles. The van der Waals surface area contributed by atoms with Crippen LogP contribution in [0.5, 0.6) is 0 Å². The second-order valence-electron chi connectivity index (χ2n) is 7.11. The second kappa shape index (κ2) is 7.14. The SMILES string of the molecule is CC(C)(N[S+]([O-])C(C)(C)C)c1ccc(-c2ccc(CO)nc2)nn1. The van der Waals surface area contributed by atoms with E-state index in [2.05, 4.69) is 19.9 Å². The monoisotopic (exact) mass is 348 g/mol. The number of aliphatic hydroxyl groups excluding tert-OH is 1. The van der Waals surface area contributed by atoms with Crippen LogP contribution >= 0.6 is 0 Å². The largest absolute Gasteiger partial charge is 0.598 e. The van der Waals surface area contributed by atoms with Crippen molar-refractivity contribution >= 4 is 11.4 Å². The fourth-order valence-electron chi connectivity index (χ4n) is 1.93. The van der Waals surface area contributed by atoms with Gasteiger partial charge in [-0.1, -0.05) is 0 Å². The number of pyridine rings is 1. The Kier molecular flexibility index (Phi) is 5.59. The van der Waals surface area contributed by atoms with Gasteiger partial charge in [0.05, 0.1) is 23.7 Å². The van der Waals surface area contributed by atoms with Gasteiger partial charge in [0.1, 0.15) is 10.3 Å². The first-order valence-corrected chi connectivity index (χ1v) is 8.88. The van der Waals surface area contributed by atoms with Gasteiger partial charge in [-0.05, 0) is 58.9 Å². The highest BCUT2D eigenvalue weighted by Crippen LogP contribution is 2.24. The van der Waals surface area contributed by atoms with Gasteiger partial charge < -0.3 is 9.66 Å². The van der Waals surface area contributed by atoms with E-state index < -0.39 is 16.9 Å². The molecule has 24 heavy (non-hydrogen) atoms. The van der Waals surface area contributed by atoms with Crippen molar-refractivity contribution < 1.29 is 9.66 Å². The van der Waals surface area contributed by atoms with Crippen molar-refractivity contribution in [1.82, 2.24) is 19.9 Å². The molecule has 1 unspecified atom stereocenters. The number of aromatic nitrogens is 3. The molecule has 0 fully saturated rings. The Morgan fingerprint density at radius 3 is 2.25 bits per heavy atom. The van der Waals surface area contributed by atoms with Gasteiger partial charge >= 0.3 is 0 Å². The van der Waals surface area contributed by atoms with Crippen LogP contribution in [0.15, 0.2) is 30.5 Å². The van der Waals surface area contributed by atoms with E-state index in [4.69, 9.17) is 5.11 Å². The summed E-state index contributed by atoms with van der Waals surface area (Å²) in [4.78, 5) is 4.14. The lowest BCUT2D eigenvalue weighted by Gasteiger charge is -2.31. The molecule has 2 N–H and O–H groups in total. The molecule has 0 saturated carbocycles. The van der Waals surface area contributed by atoms with E-state index in [9.17, 15) is 4.55 Å². The topological polar surface area (TPSA) is 94.0 Å². The highest BCUT2D eigenvalue weighted by molar-refractivity contribution is 7.90. The van der Waals surface area contributed by atoms with E-state index in [1.165, 1.54) is 0 Å². The third-order valence-corrected chi connectivity index (χ3v) is 5.30. The van der Waals surface area contributed by atoms with Crippen LogP contribution < -0.4 is 4.72 Å². The number of nitrogens with zero attached hydrogens (tertiary/aromatic N) is 3. The summed E-state index contributed by atoms with van der Waals surface area (Å²) in [6.07, 6.45) is 1.66. The minimum absolute atomic E-state index is 0.0876. The van der Waals surface area contributed by atoms with Crippen LogP contribution in [0.2, 0.25) is 0 Å². The summed E-state index contributed by atoms with van der Waals surface area (Å²) in [5, 5.41) is 17.6. The summed E-state index contributed by atoms with van der Waals surface area (Å²) in [7, 11) is 0. The molecule has 0 spiro atoms. The van der Waals surface area contributed by atoms with Crippen LogP contribution in [-0.2, 0) is 23.5 Å². The summed E-state index contributed by atoms with van der Waals surface area (Å²) in [6.45, 7) is 9.53. The van der Waals surface area contributed by atoms with Gasteiger partial charge in [-0.3, -0.25) is 4.98 Å². The first-order chi connectivity index (χ1) is 11.1. The molecule has 0 bridgehead atoms. The highest BCUT2D eigenvalue weighted by atomic mass is 32.2. The molecule has 2 aromatic rings. The van der Waals surface area contributed by atoms with Crippen LogP contribution in [0.1, 0.15) is 46.0 Å². The van der Waals surface area contributed by atoms with Crippen molar-refractivity contribution in [3.8, 4) is 11.3 Å². The van der Waals surface area contributed by atoms with E-state index in [-0.39, 0.29) is 11.4 Å². The predicted molar refractivity (Wildman–Crippen MR) is 95.2 cm³/mol. The Morgan fingerprint density at radius 1 is 1.08 bits per heavy atom. The molecule has 2 rings (SSSR count). The lowest BCUT2D eigenvalue weighted by molar-refractivity contribution is 0.277. The van der Waals surface area contributed by atoms with Crippen LogP contribution in [-0.4, -0.2) is 29.6 Å². The second-order valence-corrected chi connectivity index (χ2v) is 9.07. The van der Waals surface area contributed by atoms with Crippen LogP contribution in [0.25, 0.3) is 11.3 Å². The minimum atomic E-state index is -1.20. The molecular weight excluding hydrogens is 324 g/mol. The third-order valence-electron chi connectivity index (χ3n) is 3.49. The van der Waals surface area contributed by atoms with Gasteiger partial charge in [-0.2, -0.15) is 10.2 Å². The Balaban J connectivity index is 2.18. The molecular formula is C17H24N4O2S. The van der Waals surface area contributed by atoms with E-state index in [0.29, 0.717) is 17.1 Å². The van der Waals surface area contributed by atoms with E-state index in [1.807, 2.05) is 52.8 Å². The number of aliphatic hydroxyl groups is 1. The summed E-state index contributed by atoms with van der Waals surface area (Å²) in [5.41, 5.74) is 2.28. The predicted octanol–water partition coefficient (Wildman–Crippen LogP) is 2.32. The Bertz CT molecular complexity index is 666. The standard InChI is InChI=1S/C17H24N4O2S/c1-16(2,3)24(23)21-17(4,5)15-9-8-14(19-20-15)12-6-7-13(11-22)18-10-12/h6-10,21-22H,11H2,1-5H3. The molecule has 0 aliphatic carbocycles. The molecule has 1 atom stereocenters. The molecule has 0 saturated heterocycles. The van der Waals surface area contributed by atoms with Gasteiger partial charge in [0.15, 0.2) is 0 Å². The molecule has 2 heterocycles. The van der Waals surface area contributed by atoms with Crippen molar-refractivity contribution in [3.63, 3.8) is 0 Å². The van der Waals surface area contributed by atoms with Crippen LogP contribution in [0.4, 0.5) is 0 Å². The maximum absolute atomic E-state index is 12.3. The first kappa shape index (κ1) is 18.8. The fourth-order valence-corrected chi connectivity index (χ4v) is 2.80. The van der Waals surface area contributed by atoms with Crippen molar-refractivity contribution in [2.75, 3.05) is 0 Å². The van der Waals surface area contributed by atoms with Crippen LogP contribution in [0.3, 0.4) is 0 Å². The molecule has 0 amide bonds. The molecule has 0 radical (unpaired) electrons. The van der Waals surface area contributed by atoms with Crippen molar-refractivity contribution in [2.24, 2.45) is 0 Å². The summed E-state index contributed by atoms with van der Waals surface area (Å²) >= 11 is -1.20. The molecule has 7 heteroatoms. The van der Waals surface area contributed by atoms with Crippen LogP contribution in [0, 0.1) is 0 Å². The van der Waals surface area contributed by atoms with E-state index in [1.54, 1.807) is 12.3 Å². The Labute approximate surface area is 146 Å². The molecule has 0 aromatic carbocycles. The molecule has 6 nitrogen and oxygen atoms in total. The summed E-state index contributed by atoms with van der Waals surface area (Å²) in [6, 6.07) is 7.33. The molecule has 130 valence electrons. The third kappa shape index (κ3) is 4.51. The van der Waals surface area contributed by atoms with Gasteiger partial charge in [0, 0.05) is 23.1 Å². The van der Waals surface area contributed by atoms with Gasteiger partial charge in [0.25, 0.3) is 0 Å². The minimum Gasteiger partial charge on any atom is -0.598 e. The Morgan fingerprint density at radius 2 is 1.79 bits per heavy atom. The van der Waals surface area contributed by atoms with E-state index >= 15 is 0 Å². The van der Waals surface area contributed by atoms with Gasteiger partial charge in [-0.25, -0.2) is 0 Å². The maximum Gasteiger partial charge on any atom is 0.136 e. The zero-order valence-corrected chi connectivity index (χ0v) is 15.5. The zero-order valence-electron chi connectivity index (χ0n) is 14.7. The fraction of sp³-hybridized carbons (Fsp3) is 0.471. The highest BCUT2D eigenvalue weighted by Gasteiger charge is 2.35.